The van der Waals surface area contributed by atoms with Gasteiger partial charge in [0, 0.05) is 32.2 Å². The number of benzene rings is 1. The van der Waals surface area contributed by atoms with Crippen LogP contribution in [0.25, 0.3) is 11.0 Å². The number of amides is 1. The van der Waals surface area contributed by atoms with E-state index >= 15 is 0 Å². The molecule has 2 aliphatic heterocycles. The maximum absolute atomic E-state index is 12.9. The van der Waals surface area contributed by atoms with Crippen LogP contribution in [0, 0.1) is 0 Å². The fourth-order valence-corrected chi connectivity index (χ4v) is 5.19. The van der Waals surface area contributed by atoms with E-state index in [4.69, 9.17) is 4.74 Å². The Morgan fingerprint density at radius 3 is 2.25 bits per heavy atom. The summed E-state index contributed by atoms with van der Waals surface area (Å²) in [5, 5.41) is 0. The number of piperidine rings is 1. The van der Waals surface area contributed by atoms with Crippen molar-refractivity contribution in [3.63, 3.8) is 0 Å². The highest BCUT2D eigenvalue weighted by atomic mass is 32.2. The third kappa shape index (κ3) is 3.10. The van der Waals surface area contributed by atoms with Crippen LogP contribution in [0.3, 0.4) is 0 Å². The van der Waals surface area contributed by atoms with Gasteiger partial charge in [-0.25, -0.2) is 18.0 Å². The second kappa shape index (κ2) is 6.93. The lowest BCUT2D eigenvalue weighted by Gasteiger charge is -2.47. The Bertz CT molecular complexity index is 1060. The molecular weight excluding hydrogens is 384 g/mol. The van der Waals surface area contributed by atoms with Crippen LogP contribution in [0.5, 0.6) is 0 Å². The van der Waals surface area contributed by atoms with E-state index in [1.807, 2.05) is 6.07 Å². The van der Waals surface area contributed by atoms with E-state index in [0.29, 0.717) is 43.3 Å². The molecule has 0 atom stereocenters. The Labute approximate surface area is 163 Å². The van der Waals surface area contributed by atoms with Gasteiger partial charge >= 0.3 is 11.8 Å². The SMILES string of the molecule is COC(=O)N1CCC(N2CC(n3c(=O)n(S(C)(=O)=O)c4ccccc43)C2)CC1. The normalized spacial score (nSPS) is 19.7. The molecule has 0 unspecified atom stereocenters. The van der Waals surface area contributed by atoms with Gasteiger partial charge in [0.15, 0.2) is 0 Å². The molecule has 0 aliphatic carbocycles. The van der Waals surface area contributed by atoms with Crippen LogP contribution in [0.4, 0.5) is 4.79 Å². The lowest BCUT2D eigenvalue weighted by Crippen LogP contribution is -2.57. The predicted octanol–water partition coefficient (Wildman–Crippen LogP) is 0.698. The Hall–Kier alpha value is -2.33. The number of ether oxygens (including phenoxy) is 1. The number of fused-ring (bicyclic) bond motifs is 1. The van der Waals surface area contributed by atoms with Gasteiger partial charge in [-0.05, 0) is 25.0 Å². The molecule has 0 radical (unpaired) electrons. The highest BCUT2D eigenvalue weighted by Gasteiger charge is 2.38. The minimum atomic E-state index is -3.69. The van der Waals surface area contributed by atoms with Gasteiger partial charge in [0.2, 0.25) is 10.0 Å². The van der Waals surface area contributed by atoms with Gasteiger partial charge in [-0.3, -0.25) is 9.47 Å². The topological polar surface area (TPSA) is 93.8 Å². The third-order valence-electron chi connectivity index (χ3n) is 5.74. The minimum Gasteiger partial charge on any atom is -0.453 e. The molecule has 28 heavy (non-hydrogen) atoms. The van der Waals surface area contributed by atoms with Gasteiger partial charge in [-0.2, -0.15) is 3.97 Å². The molecule has 2 aromatic rings. The summed E-state index contributed by atoms with van der Waals surface area (Å²) in [5.74, 6) is 0. The summed E-state index contributed by atoms with van der Waals surface area (Å²) in [5.41, 5.74) is 0.553. The van der Waals surface area contributed by atoms with E-state index in [1.54, 1.807) is 27.7 Å². The summed E-state index contributed by atoms with van der Waals surface area (Å²) in [4.78, 5) is 28.5. The standard InChI is InChI=1S/C18H24N4O5S/c1-27-18(24)19-9-7-13(8-10-19)20-11-14(12-20)21-15-5-3-4-6-16(15)22(17(21)23)28(2,25)26/h3-6,13-14H,7-12H2,1-2H3. The van der Waals surface area contributed by atoms with Gasteiger partial charge in [0.1, 0.15) is 0 Å². The molecule has 2 aliphatic rings. The maximum Gasteiger partial charge on any atom is 0.409 e. The number of likely N-dealkylation sites (tertiary alicyclic amines) is 2. The Morgan fingerprint density at radius 2 is 1.68 bits per heavy atom. The number of imidazole rings is 1. The summed E-state index contributed by atoms with van der Waals surface area (Å²) in [6.07, 6.45) is 2.48. The number of aromatic nitrogens is 2. The average molecular weight is 408 g/mol. The van der Waals surface area contributed by atoms with E-state index in [2.05, 4.69) is 4.90 Å². The highest BCUT2D eigenvalue weighted by molar-refractivity contribution is 7.89. The van der Waals surface area contributed by atoms with Crippen molar-refractivity contribution in [1.29, 1.82) is 0 Å². The number of rotatable bonds is 3. The number of hydrogen-bond donors (Lipinski definition) is 0. The summed E-state index contributed by atoms with van der Waals surface area (Å²) in [6, 6.07) is 7.29. The number of para-hydroxylation sites is 2. The van der Waals surface area contributed by atoms with Crippen LogP contribution in [0.15, 0.2) is 29.1 Å². The predicted molar refractivity (Wildman–Crippen MR) is 104 cm³/mol. The molecular formula is C18H24N4O5S. The summed E-state index contributed by atoms with van der Waals surface area (Å²) in [7, 11) is -2.30. The molecule has 1 aromatic heterocycles. The molecule has 2 saturated heterocycles. The van der Waals surface area contributed by atoms with E-state index in [1.165, 1.54) is 7.11 Å². The van der Waals surface area contributed by atoms with Crippen molar-refractivity contribution in [2.45, 2.75) is 24.9 Å². The number of hydrogen-bond acceptors (Lipinski definition) is 6. The third-order valence-corrected chi connectivity index (χ3v) is 6.76. The molecule has 2 fully saturated rings. The number of methoxy groups -OCH3 is 1. The van der Waals surface area contributed by atoms with Crippen molar-refractivity contribution >= 4 is 27.1 Å². The molecule has 152 valence electrons. The molecule has 4 rings (SSSR count). The zero-order chi connectivity index (χ0) is 20.1. The van der Waals surface area contributed by atoms with Gasteiger partial charge in [-0.1, -0.05) is 12.1 Å². The lowest BCUT2D eigenvalue weighted by molar-refractivity contribution is 0.0241. The largest absolute Gasteiger partial charge is 0.453 e. The van der Waals surface area contributed by atoms with Gasteiger partial charge in [0.25, 0.3) is 0 Å². The van der Waals surface area contributed by atoms with Crippen LogP contribution in [-0.2, 0) is 14.8 Å². The number of nitrogens with zero attached hydrogens (tertiary/aromatic N) is 4. The second-order valence-electron chi connectivity index (χ2n) is 7.46. The van der Waals surface area contributed by atoms with Crippen molar-refractivity contribution in [2.24, 2.45) is 0 Å². The van der Waals surface area contributed by atoms with E-state index in [9.17, 15) is 18.0 Å². The van der Waals surface area contributed by atoms with Crippen LogP contribution < -0.4 is 5.69 Å². The molecule has 9 nitrogen and oxygen atoms in total. The van der Waals surface area contributed by atoms with Crippen molar-refractivity contribution in [2.75, 3.05) is 39.5 Å². The first kappa shape index (κ1) is 19.0. The van der Waals surface area contributed by atoms with Crippen LogP contribution in [0.1, 0.15) is 18.9 Å². The first-order valence-electron chi connectivity index (χ1n) is 9.30. The van der Waals surface area contributed by atoms with E-state index < -0.39 is 15.7 Å². The monoisotopic (exact) mass is 408 g/mol. The van der Waals surface area contributed by atoms with Crippen LogP contribution >= 0.6 is 0 Å². The number of carbonyl (C=O) groups excluding carboxylic acids is 1. The fourth-order valence-electron chi connectivity index (χ4n) is 4.31. The Kier molecular flexibility index (Phi) is 4.70. The average Bonchev–Trinajstić information content (AvgIpc) is 2.93. The Balaban J connectivity index is 1.52. The van der Waals surface area contributed by atoms with Crippen molar-refractivity contribution in [3.8, 4) is 0 Å². The molecule has 3 heterocycles. The first-order chi connectivity index (χ1) is 13.3. The van der Waals surface area contributed by atoms with Crippen molar-refractivity contribution in [1.82, 2.24) is 18.3 Å². The van der Waals surface area contributed by atoms with Crippen molar-refractivity contribution in [3.05, 3.63) is 34.7 Å². The second-order valence-corrected chi connectivity index (χ2v) is 9.30. The Morgan fingerprint density at radius 1 is 1.07 bits per heavy atom. The summed E-state index contributed by atoms with van der Waals surface area (Å²) >= 11 is 0. The zero-order valence-electron chi connectivity index (χ0n) is 15.9. The van der Waals surface area contributed by atoms with Crippen LogP contribution in [-0.4, -0.2) is 78.4 Å². The molecule has 0 spiro atoms. The smallest absolute Gasteiger partial charge is 0.409 e. The van der Waals surface area contributed by atoms with Gasteiger partial charge in [0.05, 0.1) is 30.4 Å². The lowest BCUT2D eigenvalue weighted by atomic mass is 9.97. The van der Waals surface area contributed by atoms with E-state index in [-0.39, 0.29) is 12.1 Å². The highest BCUT2D eigenvalue weighted by Crippen LogP contribution is 2.30. The molecule has 0 N–H and O–H groups in total. The molecule has 0 saturated carbocycles. The first-order valence-corrected chi connectivity index (χ1v) is 11.2. The summed E-state index contributed by atoms with van der Waals surface area (Å²) in [6.45, 7) is 2.71. The van der Waals surface area contributed by atoms with Gasteiger partial charge in [-0.15, -0.1) is 0 Å². The molecule has 0 bridgehead atoms. The minimum absolute atomic E-state index is 0.0564. The quantitative estimate of drug-likeness (QED) is 0.742. The summed E-state index contributed by atoms with van der Waals surface area (Å²) < 4.78 is 31.5. The molecule has 10 heteroatoms. The van der Waals surface area contributed by atoms with Crippen LogP contribution in [0.2, 0.25) is 0 Å². The fraction of sp³-hybridized carbons (Fsp3) is 0.556. The van der Waals surface area contributed by atoms with Gasteiger partial charge < -0.3 is 9.64 Å². The zero-order valence-corrected chi connectivity index (χ0v) is 16.8. The number of carbonyl (C=O) groups is 1. The maximum atomic E-state index is 12.9. The van der Waals surface area contributed by atoms with E-state index in [0.717, 1.165) is 23.1 Å². The molecule has 1 aromatic carbocycles. The van der Waals surface area contributed by atoms with Crippen molar-refractivity contribution < 1.29 is 17.9 Å². The molecule has 1 amide bonds.